The molecular weight excluding hydrogens is 348 g/mol. The Labute approximate surface area is 150 Å². The second-order valence-corrected chi connectivity index (χ2v) is 6.29. The minimum absolute atomic E-state index is 0.120. The fraction of sp³-hybridized carbons (Fsp3) is 0.688. The lowest BCUT2D eigenvalue weighted by molar-refractivity contribution is -0.236. The van der Waals surface area contributed by atoms with Gasteiger partial charge >= 0.3 is 0 Å². The number of ether oxygens (including phenoxy) is 1. The molecule has 3 amide bonds. The van der Waals surface area contributed by atoms with Gasteiger partial charge in [-0.1, -0.05) is 6.42 Å². The normalized spacial score (nSPS) is 31.5. The molecule has 0 aromatic heterocycles. The molecule has 146 valence electrons. The van der Waals surface area contributed by atoms with Crippen molar-refractivity contribution < 1.29 is 39.5 Å². The van der Waals surface area contributed by atoms with Crippen LogP contribution in [0.5, 0.6) is 0 Å². The van der Waals surface area contributed by atoms with Gasteiger partial charge in [0.15, 0.2) is 6.23 Å². The van der Waals surface area contributed by atoms with E-state index in [0.29, 0.717) is 25.8 Å². The Kier molecular flexibility index (Phi) is 7.23. The van der Waals surface area contributed by atoms with E-state index in [4.69, 9.17) is 9.84 Å². The summed E-state index contributed by atoms with van der Waals surface area (Å²) in [6, 6.07) is 0. The quantitative estimate of drug-likeness (QED) is 0.229. The van der Waals surface area contributed by atoms with Crippen molar-refractivity contribution in [2.24, 2.45) is 0 Å². The molecule has 1 saturated heterocycles. The van der Waals surface area contributed by atoms with Gasteiger partial charge in [-0.3, -0.25) is 19.3 Å². The molecule has 26 heavy (non-hydrogen) atoms. The molecule has 0 radical (unpaired) electrons. The lowest BCUT2D eigenvalue weighted by Crippen LogP contribution is -2.63. The Morgan fingerprint density at radius 3 is 2.31 bits per heavy atom. The first-order valence-electron chi connectivity index (χ1n) is 8.48. The molecule has 1 fully saturated rings. The van der Waals surface area contributed by atoms with Crippen molar-refractivity contribution in [2.75, 3.05) is 13.2 Å². The molecule has 0 spiro atoms. The van der Waals surface area contributed by atoms with Gasteiger partial charge in [0.05, 0.1) is 6.61 Å². The van der Waals surface area contributed by atoms with E-state index in [9.17, 15) is 29.7 Å². The molecular formula is C16H24N2O8. The minimum atomic E-state index is -1.55. The molecule has 10 nitrogen and oxygen atoms in total. The summed E-state index contributed by atoms with van der Waals surface area (Å²) in [6.45, 7) is -0.279. The molecule has 0 aromatic carbocycles. The van der Waals surface area contributed by atoms with E-state index < -0.39 is 43.2 Å². The third-order valence-corrected chi connectivity index (χ3v) is 4.38. The monoisotopic (exact) mass is 372 g/mol. The van der Waals surface area contributed by atoms with Crippen molar-refractivity contribution in [3.8, 4) is 0 Å². The number of carbonyl (C=O) groups is 3. The van der Waals surface area contributed by atoms with Gasteiger partial charge in [-0.05, 0) is 12.8 Å². The van der Waals surface area contributed by atoms with E-state index in [-0.39, 0.29) is 18.2 Å². The van der Waals surface area contributed by atoms with E-state index >= 15 is 0 Å². The maximum atomic E-state index is 11.9. The Hall–Kier alpha value is -1.85. The van der Waals surface area contributed by atoms with Crippen LogP contribution >= 0.6 is 0 Å². The molecule has 0 bridgehead atoms. The van der Waals surface area contributed by atoms with Crippen molar-refractivity contribution in [1.82, 2.24) is 10.2 Å². The topological polar surface area (TPSA) is 157 Å². The molecule has 2 aliphatic rings. The molecule has 0 unspecified atom stereocenters. The van der Waals surface area contributed by atoms with Crippen LogP contribution in [0.2, 0.25) is 0 Å². The van der Waals surface area contributed by atoms with Crippen molar-refractivity contribution in [3.63, 3.8) is 0 Å². The summed E-state index contributed by atoms with van der Waals surface area (Å²) in [7, 11) is 0. The summed E-state index contributed by atoms with van der Waals surface area (Å²) in [4.78, 5) is 35.8. The van der Waals surface area contributed by atoms with Crippen LogP contribution in [0.25, 0.3) is 0 Å². The molecule has 2 aliphatic heterocycles. The highest BCUT2D eigenvalue weighted by Gasteiger charge is 2.43. The molecule has 5 atom stereocenters. The zero-order valence-electron chi connectivity index (χ0n) is 14.2. The number of amides is 3. The van der Waals surface area contributed by atoms with Crippen molar-refractivity contribution in [2.45, 2.75) is 56.3 Å². The van der Waals surface area contributed by atoms with Crippen LogP contribution in [0.4, 0.5) is 0 Å². The predicted molar refractivity (Wildman–Crippen MR) is 86.2 cm³/mol. The average molecular weight is 372 g/mol. The number of aliphatic hydroxyl groups excluding tert-OH is 4. The van der Waals surface area contributed by atoms with E-state index in [1.165, 1.54) is 12.2 Å². The van der Waals surface area contributed by atoms with E-state index in [1.807, 2.05) is 0 Å². The molecule has 0 saturated carbocycles. The number of imide groups is 1. The molecule has 0 aliphatic carbocycles. The zero-order valence-corrected chi connectivity index (χ0v) is 14.2. The summed E-state index contributed by atoms with van der Waals surface area (Å²) in [5.41, 5.74) is 0. The number of carbonyl (C=O) groups excluding carboxylic acids is 3. The highest BCUT2D eigenvalue weighted by Crippen LogP contribution is 2.20. The van der Waals surface area contributed by atoms with Crippen LogP contribution in [0.15, 0.2) is 12.2 Å². The van der Waals surface area contributed by atoms with Crippen LogP contribution in [0, 0.1) is 0 Å². The largest absolute Gasteiger partial charge is 0.394 e. The van der Waals surface area contributed by atoms with Gasteiger partial charge in [-0.15, -0.1) is 0 Å². The number of aliphatic hydroxyl groups is 4. The van der Waals surface area contributed by atoms with Gasteiger partial charge in [-0.25, -0.2) is 0 Å². The highest BCUT2D eigenvalue weighted by atomic mass is 16.6. The van der Waals surface area contributed by atoms with Gasteiger partial charge in [-0.2, -0.15) is 0 Å². The van der Waals surface area contributed by atoms with E-state index in [2.05, 4.69) is 5.32 Å². The Balaban J connectivity index is 1.67. The fourth-order valence-corrected chi connectivity index (χ4v) is 2.84. The van der Waals surface area contributed by atoms with Gasteiger partial charge in [0.1, 0.15) is 24.4 Å². The second kappa shape index (κ2) is 9.19. The molecule has 0 aromatic rings. The third-order valence-electron chi connectivity index (χ3n) is 4.38. The van der Waals surface area contributed by atoms with Crippen molar-refractivity contribution in [1.29, 1.82) is 0 Å². The lowest BCUT2D eigenvalue weighted by Gasteiger charge is -2.40. The van der Waals surface area contributed by atoms with Crippen molar-refractivity contribution in [3.05, 3.63) is 12.2 Å². The smallest absolute Gasteiger partial charge is 0.253 e. The van der Waals surface area contributed by atoms with Crippen LogP contribution in [0.1, 0.15) is 25.7 Å². The van der Waals surface area contributed by atoms with Crippen LogP contribution in [0.3, 0.4) is 0 Å². The standard InChI is InChI=1S/C16H24N2O8/c19-8-9-13(23)14(24)15(25)16(26-9)17-10(20)4-2-1-3-7-18-11(21)5-6-12(18)22/h5-6,9,13-16,19,23-25H,1-4,7-8H2,(H,17,20)/t9-,13+,14+,15-,16-/m1/s1. The number of hydrogen-bond donors (Lipinski definition) is 5. The van der Waals surface area contributed by atoms with Gasteiger partial charge in [0.2, 0.25) is 5.91 Å². The van der Waals surface area contributed by atoms with Crippen LogP contribution in [-0.2, 0) is 19.1 Å². The van der Waals surface area contributed by atoms with Gasteiger partial charge in [0.25, 0.3) is 11.8 Å². The summed E-state index contributed by atoms with van der Waals surface area (Å²) in [5, 5.41) is 40.7. The number of rotatable bonds is 8. The molecule has 2 rings (SSSR count). The zero-order chi connectivity index (χ0) is 19.3. The summed E-state index contributed by atoms with van der Waals surface area (Å²) in [6.07, 6.45) is -2.63. The van der Waals surface area contributed by atoms with Gasteiger partial charge in [0, 0.05) is 25.1 Å². The third kappa shape index (κ3) is 4.86. The molecule has 10 heteroatoms. The molecule has 5 N–H and O–H groups in total. The maximum absolute atomic E-state index is 11.9. The highest BCUT2D eigenvalue weighted by molar-refractivity contribution is 6.12. The first kappa shape index (κ1) is 20.5. The molecule has 2 heterocycles. The van der Waals surface area contributed by atoms with E-state index in [0.717, 1.165) is 4.90 Å². The average Bonchev–Trinajstić information content (AvgIpc) is 2.93. The lowest BCUT2D eigenvalue weighted by atomic mass is 9.98. The first-order valence-corrected chi connectivity index (χ1v) is 8.48. The SMILES string of the molecule is O=C(CCCCCN1C(=O)C=CC1=O)N[C@@H]1O[C@H](CO)[C@H](O)[C@H](O)[C@H]1O. The number of nitrogens with zero attached hydrogens (tertiary/aromatic N) is 1. The summed E-state index contributed by atoms with van der Waals surface area (Å²) < 4.78 is 5.19. The Morgan fingerprint density at radius 1 is 1.04 bits per heavy atom. The Bertz CT molecular complexity index is 546. The summed E-state index contributed by atoms with van der Waals surface area (Å²) >= 11 is 0. The minimum Gasteiger partial charge on any atom is -0.394 e. The first-order chi connectivity index (χ1) is 12.3. The van der Waals surface area contributed by atoms with Crippen molar-refractivity contribution >= 4 is 17.7 Å². The second-order valence-electron chi connectivity index (χ2n) is 6.29. The maximum Gasteiger partial charge on any atom is 0.253 e. The van der Waals surface area contributed by atoms with Gasteiger partial charge < -0.3 is 30.5 Å². The van der Waals surface area contributed by atoms with Crippen LogP contribution in [-0.4, -0.2) is 86.8 Å². The summed E-state index contributed by atoms with van der Waals surface area (Å²) in [5.74, 6) is -1.10. The van der Waals surface area contributed by atoms with Crippen LogP contribution < -0.4 is 5.32 Å². The number of unbranched alkanes of at least 4 members (excludes halogenated alkanes) is 2. The number of hydrogen-bond acceptors (Lipinski definition) is 8. The predicted octanol–water partition coefficient (Wildman–Crippen LogP) is -2.61. The number of nitrogens with one attached hydrogen (secondary N) is 1. The van der Waals surface area contributed by atoms with E-state index in [1.54, 1.807) is 0 Å². The Morgan fingerprint density at radius 2 is 1.69 bits per heavy atom. The fourth-order valence-electron chi connectivity index (χ4n) is 2.84.